The van der Waals surface area contributed by atoms with E-state index in [1.54, 1.807) is 30.3 Å². The number of carbonyl (C=O) groups is 2. The van der Waals surface area contributed by atoms with Crippen LogP contribution in [0.25, 0.3) is 16.9 Å². The number of para-hydroxylation sites is 1. The van der Waals surface area contributed by atoms with Crippen molar-refractivity contribution in [3.63, 3.8) is 0 Å². The number of nitrogens with zero attached hydrogens (tertiary/aromatic N) is 2. The largest absolute Gasteiger partial charge is 0.573 e. The van der Waals surface area contributed by atoms with Crippen LogP contribution in [0, 0.1) is 0 Å². The van der Waals surface area contributed by atoms with Gasteiger partial charge in [-0.15, -0.1) is 13.2 Å². The molecular formula is C20H14ClF3N2O5. The second kappa shape index (κ2) is 8.68. The first-order valence-corrected chi connectivity index (χ1v) is 8.95. The normalized spacial score (nSPS) is 11.2. The zero-order valence-corrected chi connectivity index (χ0v) is 16.8. The molecule has 0 saturated heterocycles. The predicted octanol–water partition coefficient (Wildman–Crippen LogP) is 4.66. The molecule has 0 bridgehead atoms. The number of ether oxygens (including phenoxy) is 3. The van der Waals surface area contributed by atoms with Gasteiger partial charge in [-0.2, -0.15) is 5.10 Å². The first-order valence-electron chi connectivity index (χ1n) is 8.57. The van der Waals surface area contributed by atoms with E-state index in [1.165, 1.54) is 12.1 Å². The van der Waals surface area contributed by atoms with Gasteiger partial charge in [0, 0.05) is 0 Å². The van der Waals surface area contributed by atoms with Crippen molar-refractivity contribution in [2.75, 3.05) is 14.2 Å². The Balaban J connectivity index is 2.41. The maximum Gasteiger partial charge on any atom is 0.573 e. The fraction of sp³-hybridized carbons (Fsp3) is 0.150. The molecule has 1 heterocycles. The van der Waals surface area contributed by atoms with Crippen molar-refractivity contribution in [1.29, 1.82) is 0 Å². The van der Waals surface area contributed by atoms with Crippen LogP contribution in [-0.2, 0) is 9.47 Å². The van der Waals surface area contributed by atoms with E-state index in [9.17, 15) is 22.8 Å². The summed E-state index contributed by atoms with van der Waals surface area (Å²) in [5, 5.41) is 4.03. The van der Waals surface area contributed by atoms with E-state index < -0.39 is 29.6 Å². The molecule has 0 aliphatic rings. The highest BCUT2D eigenvalue weighted by molar-refractivity contribution is 6.34. The van der Waals surface area contributed by atoms with Crippen molar-refractivity contribution >= 4 is 23.5 Å². The number of methoxy groups -OCH3 is 2. The van der Waals surface area contributed by atoms with Gasteiger partial charge in [0.25, 0.3) is 0 Å². The Morgan fingerprint density at radius 3 is 2.19 bits per heavy atom. The zero-order valence-electron chi connectivity index (χ0n) is 16.1. The quantitative estimate of drug-likeness (QED) is 0.521. The lowest BCUT2D eigenvalue weighted by Crippen LogP contribution is -2.18. The Labute approximate surface area is 178 Å². The number of halogens is 4. The van der Waals surface area contributed by atoms with Gasteiger partial charge in [0.2, 0.25) is 0 Å². The Kier molecular flexibility index (Phi) is 6.21. The average Bonchev–Trinajstić information content (AvgIpc) is 3.12. The second-order valence-electron chi connectivity index (χ2n) is 5.96. The molecule has 0 saturated carbocycles. The molecule has 0 atom stereocenters. The Morgan fingerprint density at radius 1 is 0.968 bits per heavy atom. The van der Waals surface area contributed by atoms with Crippen LogP contribution >= 0.6 is 11.6 Å². The van der Waals surface area contributed by atoms with E-state index in [2.05, 4.69) is 9.84 Å². The van der Waals surface area contributed by atoms with Gasteiger partial charge in [-0.05, 0) is 24.3 Å². The Bertz CT molecular complexity index is 1130. The van der Waals surface area contributed by atoms with Crippen LogP contribution in [0.4, 0.5) is 13.2 Å². The van der Waals surface area contributed by atoms with Gasteiger partial charge >= 0.3 is 18.3 Å². The molecule has 0 radical (unpaired) electrons. The van der Waals surface area contributed by atoms with Crippen LogP contribution in [0.3, 0.4) is 0 Å². The topological polar surface area (TPSA) is 79.7 Å². The summed E-state index contributed by atoms with van der Waals surface area (Å²) in [6.07, 6.45) is -5.04. The van der Waals surface area contributed by atoms with E-state index in [-0.39, 0.29) is 22.0 Å². The van der Waals surface area contributed by atoms with Gasteiger partial charge in [0.15, 0.2) is 5.69 Å². The number of hydrogen-bond acceptors (Lipinski definition) is 6. The third-order valence-corrected chi connectivity index (χ3v) is 4.41. The summed E-state index contributed by atoms with van der Waals surface area (Å²) < 4.78 is 53.6. The molecular weight excluding hydrogens is 441 g/mol. The third kappa shape index (κ3) is 4.48. The molecule has 1 aromatic heterocycles. The first kappa shape index (κ1) is 22.2. The van der Waals surface area contributed by atoms with Gasteiger partial charge < -0.3 is 14.2 Å². The number of esters is 2. The lowest BCUT2D eigenvalue weighted by atomic mass is 10.0. The Hall–Kier alpha value is -3.53. The highest BCUT2D eigenvalue weighted by atomic mass is 35.5. The summed E-state index contributed by atoms with van der Waals surface area (Å²) in [7, 11) is 2.13. The SMILES string of the molecule is COC(=O)c1c(-c2c(Cl)cccc2OC(F)(F)F)nn(-c2ccccc2)c1C(=O)OC. The number of rotatable bonds is 5. The van der Waals surface area contributed by atoms with Crippen molar-refractivity contribution in [1.82, 2.24) is 9.78 Å². The summed E-state index contributed by atoms with van der Waals surface area (Å²) in [6, 6.07) is 11.7. The zero-order chi connectivity index (χ0) is 22.8. The monoisotopic (exact) mass is 454 g/mol. The van der Waals surface area contributed by atoms with Crippen molar-refractivity contribution in [2.45, 2.75) is 6.36 Å². The number of alkyl halides is 3. The molecule has 0 amide bonds. The number of benzene rings is 2. The van der Waals surface area contributed by atoms with Crippen molar-refractivity contribution in [3.05, 3.63) is 64.8 Å². The van der Waals surface area contributed by atoms with Crippen molar-refractivity contribution in [3.8, 4) is 22.7 Å². The molecule has 162 valence electrons. The molecule has 31 heavy (non-hydrogen) atoms. The minimum Gasteiger partial charge on any atom is -0.465 e. The van der Waals surface area contributed by atoms with Crippen LogP contribution in [0.2, 0.25) is 5.02 Å². The van der Waals surface area contributed by atoms with Crippen LogP contribution in [-0.4, -0.2) is 42.3 Å². The van der Waals surface area contributed by atoms with Gasteiger partial charge in [-0.3, -0.25) is 0 Å². The maximum atomic E-state index is 13.0. The fourth-order valence-corrected chi connectivity index (χ4v) is 3.13. The van der Waals surface area contributed by atoms with E-state index in [0.29, 0.717) is 5.69 Å². The lowest BCUT2D eigenvalue weighted by molar-refractivity contribution is -0.274. The van der Waals surface area contributed by atoms with Gasteiger partial charge in [-0.25, -0.2) is 14.3 Å². The minimum atomic E-state index is -5.04. The van der Waals surface area contributed by atoms with Gasteiger partial charge in [-0.1, -0.05) is 35.9 Å². The maximum absolute atomic E-state index is 13.0. The van der Waals surface area contributed by atoms with Crippen LogP contribution in [0.1, 0.15) is 20.8 Å². The summed E-state index contributed by atoms with van der Waals surface area (Å²) in [4.78, 5) is 25.2. The average molecular weight is 455 g/mol. The number of hydrogen-bond donors (Lipinski definition) is 0. The molecule has 11 heteroatoms. The van der Waals surface area contributed by atoms with Crippen LogP contribution in [0.15, 0.2) is 48.5 Å². The van der Waals surface area contributed by atoms with E-state index in [1.807, 2.05) is 0 Å². The van der Waals surface area contributed by atoms with Crippen LogP contribution < -0.4 is 4.74 Å². The van der Waals surface area contributed by atoms with Crippen molar-refractivity contribution < 1.29 is 37.0 Å². The summed E-state index contributed by atoms with van der Waals surface area (Å²) in [6.45, 7) is 0. The molecule has 0 aliphatic heterocycles. The predicted molar refractivity (Wildman–Crippen MR) is 103 cm³/mol. The molecule has 0 fully saturated rings. The van der Waals surface area contributed by atoms with E-state index in [4.69, 9.17) is 21.1 Å². The van der Waals surface area contributed by atoms with Gasteiger partial charge in [0.1, 0.15) is 17.0 Å². The smallest absolute Gasteiger partial charge is 0.465 e. The standard InChI is InChI=1S/C20H14ClF3N2O5/c1-29-18(27)15-16(14-12(21)9-6-10-13(14)31-20(22,23)24)25-26(17(15)19(28)30-2)11-7-4-3-5-8-11/h3-10H,1-2H3. The number of aromatic nitrogens is 2. The van der Waals surface area contributed by atoms with E-state index in [0.717, 1.165) is 25.0 Å². The summed E-state index contributed by atoms with van der Waals surface area (Å²) >= 11 is 6.17. The molecule has 3 aromatic rings. The molecule has 3 rings (SSSR count). The number of carbonyl (C=O) groups excluding carboxylic acids is 2. The third-order valence-electron chi connectivity index (χ3n) is 4.09. The molecule has 7 nitrogen and oxygen atoms in total. The molecule has 0 aliphatic carbocycles. The second-order valence-corrected chi connectivity index (χ2v) is 6.37. The highest BCUT2D eigenvalue weighted by Crippen LogP contribution is 2.41. The summed E-state index contributed by atoms with van der Waals surface area (Å²) in [5.74, 6) is -2.71. The molecule has 0 spiro atoms. The Morgan fingerprint density at radius 2 is 1.61 bits per heavy atom. The highest BCUT2D eigenvalue weighted by Gasteiger charge is 2.36. The molecule has 0 unspecified atom stereocenters. The first-order chi connectivity index (χ1) is 14.7. The molecule has 2 aromatic carbocycles. The minimum absolute atomic E-state index is 0.193. The summed E-state index contributed by atoms with van der Waals surface area (Å²) in [5.41, 5.74) is -1.14. The van der Waals surface area contributed by atoms with Gasteiger partial charge in [0.05, 0.1) is 30.5 Å². The van der Waals surface area contributed by atoms with E-state index >= 15 is 0 Å². The molecule has 0 N–H and O–H groups in total. The fourth-order valence-electron chi connectivity index (χ4n) is 2.87. The van der Waals surface area contributed by atoms with Crippen molar-refractivity contribution in [2.24, 2.45) is 0 Å². The van der Waals surface area contributed by atoms with Crippen LogP contribution in [0.5, 0.6) is 5.75 Å². The lowest BCUT2D eigenvalue weighted by Gasteiger charge is -2.14.